The van der Waals surface area contributed by atoms with Crippen LogP contribution in [0.2, 0.25) is 0 Å². The number of benzene rings is 1. The first-order valence-electron chi connectivity index (χ1n) is 7.47. The molecule has 2 aliphatic heterocycles. The summed E-state index contributed by atoms with van der Waals surface area (Å²) in [6.07, 6.45) is 1.19. The standard InChI is InChI=1S/C16H25N3/c1-13-11-18(2)8-9-19(13)12-15-5-3-4-14-10-17-7-6-16(14)15/h3-5,13,17H,6-12H2,1-2H3. The second-order valence-electron chi connectivity index (χ2n) is 6.06. The Morgan fingerprint density at radius 1 is 1.32 bits per heavy atom. The number of nitrogens with one attached hydrogen (secondary N) is 1. The molecule has 0 aliphatic carbocycles. The van der Waals surface area contributed by atoms with E-state index in [0.29, 0.717) is 6.04 Å². The summed E-state index contributed by atoms with van der Waals surface area (Å²) in [5, 5.41) is 3.47. The van der Waals surface area contributed by atoms with E-state index in [1.54, 1.807) is 11.1 Å². The molecule has 0 saturated carbocycles. The van der Waals surface area contributed by atoms with Gasteiger partial charge in [-0.3, -0.25) is 4.90 Å². The van der Waals surface area contributed by atoms with Gasteiger partial charge in [-0.1, -0.05) is 18.2 Å². The predicted molar refractivity (Wildman–Crippen MR) is 79.2 cm³/mol. The Balaban J connectivity index is 1.76. The summed E-state index contributed by atoms with van der Waals surface area (Å²) in [4.78, 5) is 5.07. The first-order valence-corrected chi connectivity index (χ1v) is 7.47. The third kappa shape index (κ3) is 2.83. The van der Waals surface area contributed by atoms with Crippen LogP contribution < -0.4 is 5.32 Å². The van der Waals surface area contributed by atoms with E-state index in [1.165, 1.54) is 31.6 Å². The number of likely N-dealkylation sites (N-methyl/N-ethyl adjacent to an activating group) is 1. The summed E-state index contributed by atoms with van der Waals surface area (Å²) in [5.41, 5.74) is 4.66. The maximum Gasteiger partial charge on any atom is 0.0240 e. The van der Waals surface area contributed by atoms with Crippen LogP contribution in [0.5, 0.6) is 0 Å². The Labute approximate surface area is 116 Å². The third-order valence-electron chi connectivity index (χ3n) is 4.58. The molecule has 0 amide bonds. The van der Waals surface area contributed by atoms with E-state index in [-0.39, 0.29) is 0 Å². The van der Waals surface area contributed by atoms with Crippen molar-refractivity contribution >= 4 is 0 Å². The molecule has 3 heteroatoms. The molecule has 1 atom stereocenters. The smallest absolute Gasteiger partial charge is 0.0240 e. The van der Waals surface area contributed by atoms with Crippen LogP contribution in [-0.4, -0.2) is 49.1 Å². The van der Waals surface area contributed by atoms with Gasteiger partial charge in [0.2, 0.25) is 0 Å². The number of fused-ring (bicyclic) bond motifs is 1. The molecule has 104 valence electrons. The van der Waals surface area contributed by atoms with Crippen LogP contribution in [0.1, 0.15) is 23.6 Å². The maximum atomic E-state index is 3.47. The predicted octanol–water partition coefficient (Wildman–Crippen LogP) is 1.47. The molecule has 0 bridgehead atoms. The molecule has 1 saturated heterocycles. The molecule has 19 heavy (non-hydrogen) atoms. The van der Waals surface area contributed by atoms with Gasteiger partial charge in [-0.15, -0.1) is 0 Å². The van der Waals surface area contributed by atoms with Crippen molar-refractivity contribution in [3.8, 4) is 0 Å². The molecular formula is C16H25N3. The lowest BCUT2D eigenvalue weighted by Crippen LogP contribution is -2.49. The Morgan fingerprint density at radius 3 is 3.05 bits per heavy atom. The normalized spacial score (nSPS) is 25.3. The largest absolute Gasteiger partial charge is 0.312 e. The quantitative estimate of drug-likeness (QED) is 0.867. The van der Waals surface area contributed by atoms with E-state index in [4.69, 9.17) is 0 Å². The monoisotopic (exact) mass is 259 g/mol. The SMILES string of the molecule is CC1CN(C)CCN1Cc1cccc2c1CCNC2. The van der Waals surface area contributed by atoms with Gasteiger partial charge in [0.25, 0.3) is 0 Å². The lowest BCUT2D eigenvalue weighted by molar-refractivity contribution is 0.0935. The first kappa shape index (κ1) is 13.1. The molecule has 2 heterocycles. The van der Waals surface area contributed by atoms with Crippen LogP contribution in [0.3, 0.4) is 0 Å². The Morgan fingerprint density at radius 2 is 2.21 bits per heavy atom. The molecule has 1 N–H and O–H groups in total. The van der Waals surface area contributed by atoms with Gasteiger partial charge >= 0.3 is 0 Å². The molecule has 0 radical (unpaired) electrons. The molecule has 3 nitrogen and oxygen atoms in total. The molecule has 1 aromatic carbocycles. The summed E-state index contributed by atoms with van der Waals surface area (Å²) in [6.45, 7) is 9.23. The zero-order valence-corrected chi connectivity index (χ0v) is 12.2. The van der Waals surface area contributed by atoms with Crippen molar-refractivity contribution in [1.82, 2.24) is 15.1 Å². The van der Waals surface area contributed by atoms with Crippen molar-refractivity contribution in [1.29, 1.82) is 0 Å². The van der Waals surface area contributed by atoms with Crippen LogP contribution in [0.25, 0.3) is 0 Å². The van der Waals surface area contributed by atoms with Gasteiger partial charge in [0.05, 0.1) is 0 Å². The fourth-order valence-electron chi connectivity index (χ4n) is 3.39. The van der Waals surface area contributed by atoms with Crippen LogP contribution in [0.15, 0.2) is 18.2 Å². The molecule has 1 fully saturated rings. The third-order valence-corrected chi connectivity index (χ3v) is 4.58. The lowest BCUT2D eigenvalue weighted by atomic mass is 9.95. The van der Waals surface area contributed by atoms with Crippen LogP contribution in [0, 0.1) is 0 Å². The lowest BCUT2D eigenvalue weighted by Gasteiger charge is -2.38. The minimum absolute atomic E-state index is 0.663. The van der Waals surface area contributed by atoms with Crippen LogP contribution in [-0.2, 0) is 19.5 Å². The van der Waals surface area contributed by atoms with E-state index in [9.17, 15) is 0 Å². The molecule has 1 unspecified atom stereocenters. The molecule has 0 aromatic heterocycles. The molecule has 1 aromatic rings. The van der Waals surface area contributed by atoms with Gasteiger partial charge < -0.3 is 10.2 Å². The van der Waals surface area contributed by atoms with E-state index in [2.05, 4.69) is 47.3 Å². The number of piperazine rings is 1. The molecule has 3 rings (SSSR count). The summed E-state index contributed by atoms with van der Waals surface area (Å²) >= 11 is 0. The minimum Gasteiger partial charge on any atom is -0.312 e. The number of hydrogen-bond acceptors (Lipinski definition) is 3. The Bertz CT molecular complexity index is 444. The van der Waals surface area contributed by atoms with E-state index >= 15 is 0 Å². The van der Waals surface area contributed by atoms with E-state index < -0.39 is 0 Å². The van der Waals surface area contributed by atoms with Gasteiger partial charge in [-0.2, -0.15) is 0 Å². The number of hydrogen-bond donors (Lipinski definition) is 1. The van der Waals surface area contributed by atoms with E-state index in [1.807, 2.05) is 0 Å². The second-order valence-corrected chi connectivity index (χ2v) is 6.06. The fraction of sp³-hybridized carbons (Fsp3) is 0.625. The zero-order chi connectivity index (χ0) is 13.2. The second kappa shape index (κ2) is 5.61. The van der Waals surface area contributed by atoms with Gasteiger partial charge in [0.15, 0.2) is 0 Å². The highest BCUT2D eigenvalue weighted by atomic mass is 15.3. The fourth-order valence-corrected chi connectivity index (χ4v) is 3.39. The zero-order valence-electron chi connectivity index (χ0n) is 12.2. The highest BCUT2D eigenvalue weighted by Gasteiger charge is 2.22. The van der Waals surface area contributed by atoms with Crippen molar-refractivity contribution < 1.29 is 0 Å². The van der Waals surface area contributed by atoms with Gasteiger partial charge in [0.1, 0.15) is 0 Å². The highest BCUT2D eigenvalue weighted by molar-refractivity contribution is 5.37. The average molecular weight is 259 g/mol. The van der Waals surface area contributed by atoms with E-state index in [0.717, 1.165) is 19.6 Å². The minimum atomic E-state index is 0.663. The van der Waals surface area contributed by atoms with Gasteiger partial charge in [-0.05, 0) is 43.6 Å². The van der Waals surface area contributed by atoms with Crippen molar-refractivity contribution in [3.05, 3.63) is 34.9 Å². The van der Waals surface area contributed by atoms with Gasteiger partial charge in [-0.25, -0.2) is 0 Å². The van der Waals surface area contributed by atoms with Crippen molar-refractivity contribution in [2.45, 2.75) is 32.5 Å². The Hall–Kier alpha value is -0.900. The van der Waals surface area contributed by atoms with Crippen molar-refractivity contribution in [2.75, 3.05) is 33.2 Å². The van der Waals surface area contributed by atoms with Crippen molar-refractivity contribution in [2.24, 2.45) is 0 Å². The highest BCUT2D eigenvalue weighted by Crippen LogP contribution is 2.21. The first-order chi connectivity index (χ1) is 9.24. The summed E-state index contributed by atoms with van der Waals surface area (Å²) in [5.74, 6) is 0. The topological polar surface area (TPSA) is 18.5 Å². The Kier molecular flexibility index (Phi) is 3.87. The number of nitrogens with zero attached hydrogens (tertiary/aromatic N) is 2. The van der Waals surface area contributed by atoms with Gasteiger partial charge in [0, 0.05) is 38.8 Å². The summed E-state index contributed by atoms with van der Waals surface area (Å²) in [7, 11) is 2.23. The molecule has 2 aliphatic rings. The van der Waals surface area contributed by atoms with Crippen LogP contribution in [0.4, 0.5) is 0 Å². The van der Waals surface area contributed by atoms with Crippen LogP contribution >= 0.6 is 0 Å². The summed E-state index contributed by atoms with van der Waals surface area (Å²) < 4.78 is 0. The molecular weight excluding hydrogens is 234 g/mol. The molecule has 0 spiro atoms. The number of rotatable bonds is 2. The average Bonchev–Trinajstić information content (AvgIpc) is 2.42. The maximum absolute atomic E-state index is 3.47. The summed E-state index contributed by atoms with van der Waals surface area (Å²) in [6, 6.07) is 7.49. The van der Waals surface area contributed by atoms with Crippen molar-refractivity contribution in [3.63, 3.8) is 0 Å².